The van der Waals surface area contributed by atoms with Crippen molar-refractivity contribution in [1.29, 1.82) is 0 Å². The van der Waals surface area contributed by atoms with E-state index in [4.69, 9.17) is 4.84 Å². The molecule has 0 radical (unpaired) electrons. The molecule has 0 amide bonds. The van der Waals surface area contributed by atoms with Crippen LogP contribution >= 0.6 is 0 Å². The molecule has 0 spiro atoms. The predicted octanol–water partition coefficient (Wildman–Crippen LogP) is 4.09. The first kappa shape index (κ1) is 15.5. The van der Waals surface area contributed by atoms with E-state index >= 15 is 0 Å². The Bertz CT molecular complexity index is 754. The number of aryl methyl sites for hydroxylation is 3. The molecule has 1 aliphatic rings. The van der Waals surface area contributed by atoms with Crippen LogP contribution in [0.4, 0.5) is 0 Å². The molecule has 4 nitrogen and oxygen atoms in total. The molecule has 1 aliphatic carbocycles. The summed E-state index contributed by atoms with van der Waals surface area (Å²) in [7, 11) is 0. The molecule has 4 heteroatoms. The van der Waals surface area contributed by atoms with E-state index in [1.807, 2.05) is 19.1 Å². The van der Waals surface area contributed by atoms with E-state index in [1.54, 1.807) is 12.1 Å². The number of hydrogen-bond acceptors (Lipinski definition) is 3. The second kappa shape index (κ2) is 6.41. The molecule has 3 rings (SSSR count). The molecule has 0 bridgehead atoms. The van der Waals surface area contributed by atoms with Crippen molar-refractivity contribution in [3.8, 4) is 0 Å². The monoisotopic (exact) mass is 310 g/mol. The third kappa shape index (κ3) is 3.07. The fourth-order valence-electron chi connectivity index (χ4n) is 3.20. The zero-order valence-corrected chi connectivity index (χ0v) is 13.9. The number of H-pyrrole nitrogens is 1. The van der Waals surface area contributed by atoms with Gasteiger partial charge >= 0.3 is 5.97 Å². The van der Waals surface area contributed by atoms with Gasteiger partial charge in [0.05, 0.1) is 11.3 Å². The summed E-state index contributed by atoms with van der Waals surface area (Å²) in [5.41, 5.74) is 7.37. The highest BCUT2D eigenvalue weighted by Gasteiger charge is 2.23. The molecule has 2 aromatic rings. The van der Waals surface area contributed by atoms with Crippen LogP contribution in [0.15, 0.2) is 29.4 Å². The summed E-state index contributed by atoms with van der Waals surface area (Å²) < 4.78 is 0. The summed E-state index contributed by atoms with van der Waals surface area (Å²) in [5, 5.41) is 4.19. The van der Waals surface area contributed by atoms with Crippen molar-refractivity contribution < 1.29 is 9.63 Å². The Kier molecular flexibility index (Phi) is 4.33. The van der Waals surface area contributed by atoms with Crippen LogP contribution in [0.2, 0.25) is 0 Å². The van der Waals surface area contributed by atoms with Crippen LogP contribution in [0, 0.1) is 13.8 Å². The van der Waals surface area contributed by atoms with Gasteiger partial charge in [-0.2, -0.15) is 0 Å². The van der Waals surface area contributed by atoms with Crippen LogP contribution < -0.4 is 0 Å². The van der Waals surface area contributed by atoms with Crippen molar-refractivity contribution in [3.05, 3.63) is 57.9 Å². The lowest BCUT2D eigenvalue weighted by atomic mass is 9.92. The Hall–Kier alpha value is -2.36. The second-order valence-corrected chi connectivity index (χ2v) is 6.07. The average molecular weight is 310 g/mol. The van der Waals surface area contributed by atoms with Gasteiger partial charge in [-0.25, -0.2) is 4.79 Å². The molecule has 0 aliphatic heterocycles. The second-order valence-electron chi connectivity index (χ2n) is 6.07. The summed E-state index contributed by atoms with van der Waals surface area (Å²) in [6.45, 7) is 6.22. The minimum Gasteiger partial charge on any atom is -0.362 e. The Morgan fingerprint density at radius 2 is 1.96 bits per heavy atom. The van der Waals surface area contributed by atoms with Crippen molar-refractivity contribution in [2.24, 2.45) is 5.16 Å². The van der Waals surface area contributed by atoms with Gasteiger partial charge in [-0.05, 0) is 57.2 Å². The maximum Gasteiger partial charge on any atom is 0.365 e. The minimum atomic E-state index is -0.407. The highest BCUT2D eigenvalue weighted by Crippen LogP contribution is 2.28. The van der Waals surface area contributed by atoms with E-state index < -0.39 is 5.97 Å². The molecule has 1 aromatic heterocycles. The molecule has 23 heavy (non-hydrogen) atoms. The zero-order valence-electron chi connectivity index (χ0n) is 13.9. The fraction of sp³-hybridized carbons (Fsp3) is 0.368. The van der Waals surface area contributed by atoms with Gasteiger partial charge < -0.3 is 9.82 Å². The quantitative estimate of drug-likeness (QED) is 0.685. The number of carbonyl (C=O) groups is 1. The van der Waals surface area contributed by atoms with E-state index in [0.717, 1.165) is 42.5 Å². The number of carbonyl (C=O) groups excluding carboxylic acids is 1. The third-order valence-corrected chi connectivity index (χ3v) is 4.40. The predicted molar refractivity (Wildman–Crippen MR) is 91.0 cm³/mol. The first-order valence-electron chi connectivity index (χ1n) is 8.15. The Labute approximate surface area is 136 Å². The lowest BCUT2D eigenvalue weighted by molar-refractivity contribution is 0.0515. The number of nitrogens with one attached hydrogen (secondary N) is 1. The molecule has 1 aromatic carbocycles. The van der Waals surface area contributed by atoms with Gasteiger partial charge in [0.15, 0.2) is 0 Å². The third-order valence-electron chi connectivity index (χ3n) is 4.40. The number of nitrogens with zero attached hydrogens (tertiary/aromatic N) is 1. The molecule has 0 fully saturated rings. The van der Waals surface area contributed by atoms with Gasteiger partial charge in [0.1, 0.15) is 0 Å². The van der Waals surface area contributed by atoms with Crippen LogP contribution in [-0.4, -0.2) is 16.7 Å². The number of hydrogen-bond donors (Lipinski definition) is 1. The summed E-state index contributed by atoms with van der Waals surface area (Å²) >= 11 is 0. The van der Waals surface area contributed by atoms with Gasteiger partial charge in [-0.15, -0.1) is 0 Å². The fourth-order valence-corrected chi connectivity index (χ4v) is 3.20. The average Bonchev–Trinajstić information content (AvgIpc) is 2.88. The molecule has 0 atom stereocenters. The van der Waals surface area contributed by atoms with E-state index in [1.165, 1.54) is 17.0 Å². The molecule has 1 heterocycles. The maximum absolute atomic E-state index is 12.1. The van der Waals surface area contributed by atoms with Crippen LogP contribution in [0.25, 0.3) is 0 Å². The van der Waals surface area contributed by atoms with Gasteiger partial charge in [-0.3, -0.25) is 0 Å². The van der Waals surface area contributed by atoms with Crippen molar-refractivity contribution in [2.45, 2.75) is 46.5 Å². The van der Waals surface area contributed by atoms with E-state index in [-0.39, 0.29) is 0 Å². The van der Waals surface area contributed by atoms with Gasteiger partial charge in [0.25, 0.3) is 0 Å². The topological polar surface area (TPSA) is 54.4 Å². The lowest BCUT2D eigenvalue weighted by Gasteiger charge is -2.14. The normalized spacial score (nSPS) is 15.5. The number of aromatic nitrogens is 1. The van der Waals surface area contributed by atoms with Crippen molar-refractivity contribution >= 4 is 11.7 Å². The zero-order chi connectivity index (χ0) is 16.4. The van der Waals surface area contributed by atoms with Crippen molar-refractivity contribution in [3.63, 3.8) is 0 Å². The summed E-state index contributed by atoms with van der Waals surface area (Å²) in [6.07, 6.45) is 3.85. The maximum atomic E-state index is 12.1. The van der Waals surface area contributed by atoms with Crippen LogP contribution in [0.3, 0.4) is 0 Å². The number of oxime groups is 1. The molecule has 1 N–H and O–H groups in total. The molecular formula is C19H22N2O2. The first-order valence-corrected chi connectivity index (χ1v) is 8.15. The molecule has 0 unspecified atom stereocenters. The van der Waals surface area contributed by atoms with Gasteiger partial charge in [0.2, 0.25) is 0 Å². The summed E-state index contributed by atoms with van der Waals surface area (Å²) in [5.74, 6) is -0.407. The molecule has 120 valence electrons. The Balaban J connectivity index is 1.84. The number of aromatic amines is 1. The minimum absolute atomic E-state index is 0.407. The number of fused-ring (bicyclic) bond motifs is 1. The van der Waals surface area contributed by atoms with Crippen LogP contribution in [0.1, 0.15) is 58.2 Å². The van der Waals surface area contributed by atoms with E-state index in [9.17, 15) is 4.79 Å². The lowest BCUT2D eigenvalue weighted by Crippen LogP contribution is -2.14. The van der Waals surface area contributed by atoms with Crippen molar-refractivity contribution in [2.75, 3.05) is 0 Å². The highest BCUT2D eigenvalue weighted by molar-refractivity contribution is 6.04. The Morgan fingerprint density at radius 1 is 1.22 bits per heavy atom. The van der Waals surface area contributed by atoms with Crippen LogP contribution in [-0.2, 0) is 17.7 Å². The Morgan fingerprint density at radius 3 is 2.65 bits per heavy atom. The summed E-state index contributed by atoms with van der Waals surface area (Å²) in [6, 6.07) is 7.32. The van der Waals surface area contributed by atoms with Gasteiger partial charge in [0, 0.05) is 17.0 Å². The smallest absolute Gasteiger partial charge is 0.362 e. The molecule has 0 saturated carbocycles. The first-order chi connectivity index (χ1) is 11.1. The molecular weight excluding hydrogens is 288 g/mol. The SMILES string of the molecule is CCc1c(C)[nH]c2c1C(=NOC(=O)c1ccc(C)cc1)CCC2. The standard InChI is InChI=1S/C19H22N2O2/c1-4-15-13(3)20-16-6-5-7-17(18(15)16)21-23-19(22)14-10-8-12(2)9-11-14/h8-11,20H,4-7H2,1-3H3. The molecule has 0 saturated heterocycles. The van der Waals surface area contributed by atoms with Gasteiger partial charge in [-0.1, -0.05) is 29.8 Å². The van der Waals surface area contributed by atoms with E-state index in [2.05, 4.69) is 24.0 Å². The number of rotatable bonds is 3. The number of benzene rings is 1. The highest BCUT2D eigenvalue weighted by atomic mass is 16.7. The van der Waals surface area contributed by atoms with E-state index in [0.29, 0.717) is 5.56 Å². The van der Waals surface area contributed by atoms with Crippen LogP contribution in [0.5, 0.6) is 0 Å². The summed E-state index contributed by atoms with van der Waals surface area (Å²) in [4.78, 5) is 20.8. The largest absolute Gasteiger partial charge is 0.365 e. The van der Waals surface area contributed by atoms with Crippen molar-refractivity contribution in [1.82, 2.24) is 4.98 Å².